The predicted molar refractivity (Wildman–Crippen MR) is 63.3 cm³/mol. The van der Waals surface area contributed by atoms with E-state index in [4.69, 9.17) is 10.2 Å². The highest BCUT2D eigenvalue weighted by atomic mass is 35.5. The molecule has 0 aliphatic heterocycles. The van der Waals surface area contributed by atoms with Gasteiger partial charge in [0.2, 0.25) is 5.89 Å². The van der Waals surface area contributed by atoms with Gasteiger partial charge in [-0.1, -0.05) is 0 Å². The zero-order valence-corrected chi connectivity index (χ0v) is 9.91. The van der Waals surface area contributed by atoms with E-state index in [1.807, 2.05) is 29.9 Å². The highest BCUT2D eigenvalue weighted by Crippen LogP contribution is 2.17. The fraction of sp³-hybridized carbons (Fsp3) is 0.400. The molecule has 0 saturated heterocycles. The first-order valence-electron chi connectivity index (χ1n) is 4.95. The van der Waals surface area contributed by atoms with Gasteiger partial charge in [-0.3, -0.25) is 0 Å². The molecule has 0 aliphatic rings. The third-order valence-corrected chi connectivity index (χ3v) is 2.22. The van der Waals surface area contributed by atoms with Crippen molar-refractivity contribution < 1.29 is 4.42 Å². The van der Waals surface area contributed by atoms with Crippen molar-refractivity contribution >= 4 is 12.4 Å². The second kappa shape index (κ2) is 5.67. The smallest absolute Gasteiger partial charge is 0.264 e. The Labute approximate surface area is 100 Å². The molecular formula is C10H15ClN4O. The maximum atomic E-state index is 5.51. The molecule has 0 aliphatic carbocycles. The molecule has 2 aromatic rings. The van der Waals surface area contributed by atoms with Gasteiger partial charge in [-0.15, -0.1) is 22.6 Å². The summed E-state index contributed by atoms with van der Waals surface area (Å²) in [4.78, 5) is 0. The molecule has 0 spiro atoms. The van der Waals surface area contributed by atoms with Crippen molar-refractivity contribution in [3.63, 3.8) is 0 Å². The van der Waals surface area contributed by atoms with Crippen LogP contribution in [0.2, 0.25) is 0 Å². The van der Waals surface area contributed by atoms with Crippen LogP contribution in [0.25, 0.3) is 11.6 Å². The number of aromatic nitrogens is 3. The summed E-state index contributed by atoms with van der Waals surface area (Å²) in [6, 6.07) is 3.89. The summed E-state index contributed by atoms with van der Waals surface area (Å²) in [5.41, 5.74) is 6.34. The lowest BCUT2D eigenvalue weighted by molar-refractivity contribution is 0.496. The molecule has 16 heavy (non-hydrogen) atoms. The van der Waals surface area contributed by atoms with E-state index in [-0.39, 0.29) is 12.4 Å². The molecule has 0 radical (unpaired) electrons. The zero-order chi connectivity index (χ0) is 10.7. The van der Waals surface area contributed by atoms with E-state index in [2.05, 4.69) is 10.2 Å². The van der Waals surface area contributed by atoms with E-state index in [1.165, 1.54) is 0 Å². The molecule has 0 atom stereocenters. The van der Waals surface area contributed by atoms with Crippen molar-refractivity contribution in [2.24, 2.45) is 12.8 Å². The first kappa shape index (κ1) is 12.7. The van der Waals surface area contributed by atoms with Gasteiger partial charge in [-0.2, -0.15) is 0 Å². The van der Waals surface area contributed by atoms with Crippen molar-refractivity contribution in [3.05, 3.63) is 24.2 Å². The van der Waals surface area contributed by atoms with E-state index in [0.29, 0.717) is 18.3 Å². The van der Waals surface area contributed by atoms with Gasteiger partial charge in [0.05, 0.1) is 0 Å². The third kappa shape index (κ3) is 2.62. The number of hydrogen-bond acceptors (Lipinski definition) is 4. The Bertz CT molecular complexity index is 437. The van der Waals surface area contributed by atoms with E-state index in [0.717, 1.165) is 18.5 Å². The predicted octanol–water partition coefficient (Wildman–Crippen LogP) is 1.39. The van der Waals surface area contributed by atoms with Crippen LogP contribution in [0.1, 0.15) is 12.3 Å². The molecular weight excluding hydrogens is 228 g/mol. The highest BCUT2D eigenvalue weighted by molar-refractivity contribution is 5.85. The molecule has 88 valence electrons. The lowest BCUT2D eigenvalue weighted by Crippen LogP contribution is -2.00. The van der Waals surface area contributed by atoms with Crippen LogP contribution in [-0.4, -0.2) is 21.3 Å². The van der Waals surface area contributed by atoms with Crippen LogP contribution in [0.15, 0.2) is 22.7 Å². The first-order valence-corrected chi connectivity index (χ1v) is 4.95. The van der Waals surface area contributed by atoms with Gasteiger partial charge in [-0.05, 0) is 25.1 Å². The summed E-state index contributed by atoms with van der Waals surface area (Å²) in [6.07, 6.45) is 3.56. The Morgan fingerprint density at radius 2 is 2.25 bits per heavy atom. The summed E-state index contributed by atoms with van der Waals surface area (Å²) >= 11 is 0. The number of nitrogens with two attached hydrogens (primary N) is 1. The Morgan fingerprint density at radius 1 is 1.44 bits per heavy atom. The maximum absolute atomic E-state index is 5.51. The molecule has 2 heterocycles. The van der Waals surface area contributed by atoms with Crippen LogP contribution < -0.4 is 5.73 Å². The van der Waals surface area contributed by atoms with Gasteiger partial charge in [0.15, 0.2) is 0 Å². The zero-order valence-electron chi connectivity index (χ0n) is 9.09. The molecule has 0 unspecified atom stereocenters. The molecule has 6 heteroatoms. The molecule has 0 amide bonds. The van der Waals surface area contributed by atoms with Gasteiger partial charge in [0, 0.05) is 19.7 Å². The van der Waals surface area contributed by atoms with Crippen LogP contribution in [-0.2, 0) is 13.5 Å². The highest BCUT2D eigenvalue weighted by Gasteiger charge is 2.09. The second-order valence-electron chi connectivity index (χ2n) is 3.40. The molecule has 0 fully saturated rings. The number of hydrogen-bond donors (Lipinski definition) is 1. The lowest BCUT2D eigenvalue weighted by Gasteiger charge is -1.95. The van der Waals surface area contributed by atoms with Crippen molar-refractivity contribution in [1.82, 2.24) is 14.8 Å². The molecule has 2 N–H and O–H groups in total. The van der Waals surface area contributed by atoms with Crippen LogP contribution >= 0.6 is 12.4 Å². The molecule has 0 aromatic carbocycles. The minimum Gasteiger partial charge on any atom is -0.419 e. The second-order valence-corrected chi connectivity index (χ2v) is 3.40. The van der Waals surface area contributed by atoms with E-state index < -0.39 is 0 Å². The Morgan fingerprint density at radius 3 is 2.88 bits per heavy atom. The van der Waals surface area contributed by atoms with Crippen LogP contribution in [0.5, 0.6) is 0 Å². The van der Waals surface area contributed by atoms with Gasteiger partial charge in [-0.25, -0.2) is 0 Å². The molecule has 0 saturated carbocycles. The normalized spacial score (nSPS) is 10.1. The Kier molecular flexibility index (Phi) is 4.52. The standard InChI is InChI=1S/C10H14N4O.ClH/c1-14-7-3-4-8(14)10-13-12-9(15-10)5-2-6-11;/h3-4,7H,2,5-6,11H2,1H3;1H. The monoisotopic (exact) mass is 242 g/mol. The van der Waals surface area contributed by atoms with Crippen LogP contribution in [0, 0.1) is 0 Å². The van der Waals surface area contributed by atoms with Gasteiger partial charge >= 0.3 is 0 Å². The van der Waals surface area contributed by atoms with Gasteiger partial charge in [0.1, 0.15) is 5.69 Å². The van der Waals surface area contributed by atoms with Crippen molar-refractivity contribution in [1.29, 1.82) is 0 Å². The van der Waals surface area contributed by atoms with E-state index >= 15 is 0 Å². The SMILES string of the molecule is Cl.Cn1cccc1-c1nnc(CCCN)o1. The fourth-order valence-electron chi connectivity index (χ4n) is 1.39. The summed E-state index contributed by atoms with van der Waals surface area (Å²) in [7, 11) is 1.94. The molecule has 0 bridgehead atoms. The minimum absolute atomic E-state index is 0. The molecule has 2 aromatic heterocycles. The number of rotatable bonds is 4. The van der Waals surface area contributed by atoms with Crippen molar-refractivity contribution in [2.45, 2.75) is 12.8 Å². The average molecular weight is 243 g/mol. The minimum atomic E-state index is 0. The Hall–Kier alpha value is -1.33. The molecule has 5 nitrogen and oxygen atoms in total. The average Bonchev–Trinajstić information content (AvgIpc) is 2.83. The van der Waals surface area contributed by atoms with E-state index in [1.54, 1.807) is 0 Å². The quantitative estimate of drug-likeness (QED) is 0.880. The maximum Gasteiger partial charge on any atom is 0.264 e. The van der Waals surface area contributed by atoms with Gasteiger partial charge in [0.25, 0.3) is 5.89 Å². The first-order chi connectivity index (χ1) is 7.31. The van der Waals surface area contributed by atoms with Crippen LogP contribution in [0.3, 0.4) is 0 Å². The van der Waals surface area contributed by atoms with Gasteiger partial charge < -0.3 is 14.7 Å². The summed E-state index contributed by atoms with van der Waals surface area (Å²) < 4.78 is 7.46. The summed E-state index contributed by atoms with van der Waals surface area (Å²) in [6.45, 7) is 0.641. The Balaban J connectivity index is 0.00000128. The van der Waals surface area contributed by atoms with E-state index in [9.17, 15) is 0 Å². The van der Waals surface area contributed by atoms with Crippen molar-refractivity contribution in [3.8, 4) is 11.6 Å². The van der Waals surface area contributed by atoms with Crippen molar-refractivity contribution in [2.75, 3.05) is 6.54 Å². The summed E-state index contributed by atoms with van der Waals surface area (Å²) in [5, 5.41) is 7.96. The number of halogens is 1. The molecule has 2 rings (SSSR count). The van der Waals surface area contributed by atoms with Crippen LogP contribution in [0.4, 0.5) is 0 Å². The largest absolute Gasteiger partial charge is 0.419 e. The third-order valence-electron chi connectivity index (χ3n) is 2.22. The number of nitrogens with zero attached hydrogens (tertiary/aromatic N) is 3. The number of aryl methyl sites for hydroxylation is 2. The topological polar surface area (TPSA) is 69.9 Å². The fourth-order valence-corrected chi connectivity index (χ4v) is 1.39. The lowest BCUT2D eigenvalue weighted by atomic mass is 10.3. The summed E-state index contributed by atoms with van der Waals surface area (Å²) in [5.74, 6) is 1.21.